The van der Waals surface area contributed by atoms with E-state index in [1.807, 2.05) is 13.0 Å². The second-order valence-electron chi connectivity index (χ2n) is 8.92. The first kappa shape index (κ1) is 25.5. The Balaban J connectivity index is 2.45. The van der Waals surface area contributed by atoms with E-state index in [0.717, 1.165) is 30.8 Å². The van der Waals surface area contributed by atoms with E-state index in [9.17, 15) is 8.42 Å². The van der Waals surface area contributed by atoms with Crippen LogP contribution in [0, 0.1) is 11.3 Å². The molecule has 1 rings (SSSR count). The Bertz CT molecular complexity index is 759. The number of guanidine groups is 1. The lowest BCUT2D eigenvalue weighted by Gasteiger charge is -2.40. The number of nitrogens with one attached hydrogen (secondary N) is 1. The molecule has 0 aromatic heterocycles. The molecule has 6 heteroatoms. The molecule has 2 atom stereocenters. The minimum Gasteiger partial charge on any atom is -0.291 e. The maximum atomic E-state index is 12.0. The summed E-state index contributed by atoms with van der Waals surface area (Å²) in [5, 5.41) is 0. The smallest absolute Gasteiger partial charge is 0.291 e. The van der Waals surface area contributed by atoms with Crippen molar-refractivity contribution in [2.24, 2.45) is 22.8 Å². The fourth-order valence-corrected chi connectivity index (χ4v) is 4.96. The largest absolute Gasteiger partial charge is 0.338 e. The summed E-state index contributed by atoms with van der Waals surface area (Å²) in [6.45, 7) is 11.5. The van der Waals surface area contributed by atoms with Gasteiger partial charge in [-0.05, 0) is 70.6 Å². The van der Waals surface area contributed by atoms with E-state index in [1.165, 1.54) is 24.8 Å². The van der Waals surface area contributed by atoms with Crippen molar-refractivity contribution in [2.75, 3.05) is 18.1 Å². The van der Waals surface area contributed by atoms with Gasteiger partial charge in [0.15, 0.2) is 9.84 Å². The quantitative estimate of drug-likeness (QED) is 0.270. The lowest BCUT2D eigenvalue weighted by Crippen LogP contribution is -2.79. The van der Waals surface area contributed by atoms with Crippen molar-refractivity contribution in [3.8, 4) is 0 Å². The lowest BCUT2D eigenvalue weighted by atomic mass is 9.65. The summed E-state index contributed by atoms with van der Waals surface area (Å²) >= 11 is 0. The number of nitrogens with two attached hydrogens (primary N) is 2. The van der Waals surface area contributed by atoms with Gasteiger partial charge in [0.25, 0.3) is 0 Å². The highest BCUT2D eigenvalue weighted by Crippen LogP contribution is 2.45. The zero-order valence-corrected chi connectivity index (χ0v) is 19.9. The molecular weight excluding hydrogens is 382 g/mol. The maximum Gasteiger partial charge on any atom is 0.338 e. The predicted molar refractivity (Wildman–Crippen MR) is 124 cm³/mol. The summed E-state index contributed by atoms with van der Waals surface area (Å²) in [7, 11) is -3.14. The zero-order valence-electron chi connectivity index (χ0n) is 19.1. The molecule has 0 spiro atoms. The van der Waals surface area contributed by atoms with Crippen molar-refractivity contribution in [3.05, 3.63) is 34.9 Å². The van der Waals surface area contributed by atoms with Gasteiger partial charge in [-0.1, -0.05) is 48.8 Å². The van der Waals surface area contributed by atoms with Gasteiger partial charge in [0, 0.05) is 0 Å². The van der Waals surface area contributed by atoms with Crippen LogP contribution < -0.4 is 16.5 Å². The van der Waals surface area contributed by atoms with E-state index < -0.39 is 9.84 Å². The molecule has 1 aliphatic rings. The van der Waals surface area contributed by atoms with Crippen LogP contribution in [-0.2, 0) is 9.84 Å². The Kier molecular flexibility index (Phi) is 10.2. The lowest BCUT2D eigenvalue weighted by molar-refractivity contribution is -0.453. The Morgan fingerprint density at radius 1 is 1.24 bits per heavy atom. The van der Waals surface area contributed by atoms with E-state index >= 15 is 0 Å². The van der Waals surface area contributed by atoms with Crippen LogP contribution in [0.2, 0.25) is 0 Å². The molecule has 0 saturated heterocycles. The second kappa shape index (κ2) is 11.6. The van der Waals surface area contributed by atoms with Crippen molar-refractivity contribution >= 4 is 15.8 Å². The first-order valence-electron chi connectivity index (χ1n) is 10.8. The minimum atomic E-state index is -3.14. The van der Waals surface area contributed by atoms with Gasteiger partial charge in [-0.15, -0.1) is 0 Å². The van der Waals surface area contributed by atoms with Crippen LogP contribution in [0.3, 0.4) is 0 Å². The fraction of sp³-hybridized carbons (Fsp3) is 0.696. The summed E-state index contributed by atoms with van der Waals surface area (Å²) in [6.07, 6.45) is 13.2. The zero-order chi connectivity index (χ0) is 22.1. The molecule has 1 aliphatic carbocycles. The summed E-state index contributed by atoms with van der Waals surface area (Å²) in [6, 6.07) is 0. The molecule has 0 saturated carbocycles. The fourth-order valence-electron chi connectivity index (χ4n) is 3.84. The molecule has 0 radical (unpaired) electrons. The van der Waals surface area contributed by atoms with E-state index in [2.05, 4.69) is 44.8 Å². The predicted octanol–water partition coefficient (Wildman–Crippen LogP) is 2.59. The van der Waals surface area contributed by atoms with E-state index in [4.69, 9.17) is 11.5 Å². The van der Waals surface area contributed by atoms with Crippen LogP contribution in [0.5, 0.6) is 0 Å². The summed E-state index contributed by atoms with van der Waals surface area (Å²) in [5.41, 5.74) is 15.0. The highest BCUT2D eigenvalue weighted by atomic mass is 32.2. The molecule has 5 nitrogen and oxygen atoms in total. The van der Waals surface area contributed by atoms with Gasteiger partial charge in [-0.25, -0.2) is 8.42 Å². The van der Waals surface area contributed by atoms with Gasteiger partial charge in [-0.3, -0.25) is 16.5 Å². The molecule has 166 valence electrons. The summed E-state index contributed by atoms with van der Waals surface area (Å²) in [4.78, 5) is 2.64. The molecular formula is C23H42N3O2S+. The molecule has 0 aliphatic heterocycles. The number of sulfone groups is 1. The number of hydrogen-bond acceptors (Lipinski definition) is 2. The van der Waals surface area contributed by atoms with Crippen molar-refractivity contribution in [3.63, 3.8) is 0 Å². The van der Waals surface area contributed by atoms with Gasteiger partial charge in [0.05, 0.1) is 18.1 Å². The Hall–Kier alpha value is -1.56. The topological polar surface area (TPSA) is 100 Å². The minimum absolute atomic E-state index is 0.0265. The van der Waals surface area contributed by atoms with Crippen molar-refractivity contribution < 1.29 is 13.4 Å². The third-order valence-electron chi connectivity index (χ3n) is 6.54. The Labute approximate surface area is 178 Å². The van der Waals surface area contributed by atoms with Gasteiger partial charge < -0.3 is 0 Å². The summed E-state index contributed by atoms with van der Waals surface area (Å²) < 4.78 is 24.1. The Morgan fingerprint density at radius 2 is 1.90 bits per heavy atom. The molecule has 0 aromatic carbocycles. The highest BCUT2D eigenvalue weighted by Gasteiger charge is 2.34. The number of allylic oxidation sites excluding steroid dienone is 5. The molecule has 0 aromatic rings. The van der Waals surface area contributed by atoms with Crippen LogP contribution in [0.4, 0.5) is 0 Å². The average Bonchev–Trinajstić information content (AvgIpc) is 2.62. The highest BCUT2D eigenvalue weighted by molar-refractivity contribution is 7.91. The second-order valence-corrected chi connectivity index (χ2v) is 11.1. The van der Waals surface area contributed by atoms with Gasteiger partial charge in [0.1, 0.15) is 0 Å². The van der Waals surface area contributed by atoms with Crippen LogP contribution in [0.1, 0.15) is 73.1 Å². The van der Waals surface area contributed by atoms with E-state index in [1.54, 1.807) is 5.57 Å². The first-order valence-corrected chi connectivity index (χ1v) is 12.6. The normalized spacial score (nSPS) is 23.6. The number of hydrogen-bond donors (Lipinski definition) is 3. The standard InChI is InChI=1S/C23H41N3O2S/c1-18(12-14-23(5)20(3)10-7-11-21(23)4)8-6-9-19(2)13-16-29(27,28)17-15-26-22(24)25/h8,10,13,21H,6-7,9,11-12,14-17H2,1-5H3,(H4,24,25,26)/p+1/b18-8+,19-13+/t21-,23-/m1/s1. The van der Waals surface area contributed by atoms with Gasteiger partial charge in [0.2, 0.25) is 0 Å². The van der Waals surface area contributed by atoms with Crippen LogP contribution in [-0.4, -0.2) is 32.4 Å². The molecule has 0 amide bonds. The maximum absolute atomic E-state index is 12.0. The van der Waals surface area contributed by atoms with Gasteiger partial charge >= 0.3 is 5.96 Å². The molecule has 0 heterocycles. The van der Waals surface area contributed by atoms with Crippen molar-refractivity contribution in [1.29, 1.82) is 0 Å². The molecule has 0 bridgehead atoms. The van der Waals surface area contributed by atoms with E-state index in [0.29, 0.717) is 5.41 Å². The SMILES string of the molecule is CC1=CCC[C@@H](C)[C@]1(C)CC/C(C)=C/CC/C(C)=C/CS(=O)(=O)CC[NH+]=C(N)N. The van der Waals surface area contributed by atoms with Crippen LogP contribution >= 0.6 is 0 Å². The third-order valence-corrected chi connectivity index (χ3v) is 8.04. The molecule has 0 unspecified atom stereocenters. The third kappa shape index (κ3) is 9.20. The Morgan fingerprint density at radius 3 is 2.52 bits per heavy atom. The molecule has 29 heavy (non-hydrogen) atoms. The number of rotatable bonds is 11. The van der Waals surface area contributed by atoms with Gasteiger partial charge in [-0.2, -0.15) is 0 Å². The average molecular weight is 425 g/mol. The van der Waals surface area contributed by atoms with Crippen molar-refractivity contribution in [1.82, 2.24) is 0 Å². The molecule has 5 N–H and O–H groups in total. The van der Waals surface area contributed by atoms with Crippen molar-refractivity contribution in [2.45, 2.75) is 73.1 Å². The molecule has 0 fully saturated rings. The van der Waals surface area contributed by atoms with Crippen LogP contribution in [0.15, 0.2) is 34.9 Å². The van der Waals surface area contributed by atoms with Crippen LogP contribution in [0.25, 0.3) is 0 Å². The monoisotopic (exact) mass is 424 g/mol. The van der Waals surface area contributed by atoms with E-state index in [-0.39, 0.29) is 24.0 Å². The summed E-state index contributed by atoms with van der Waals surface area (Å²) in [5.74, 6) is 0.878. The first-order chi connectivity index (χ1) is 13.5.